The number of benzene rings is 1. The molecule has 0 bridgehead atoms. The highest BCUT2D eigenvalue weighted by atomic mass is 16.5. The average molecular weight is 204 g/mol. The topological polar surface area (TPSA) is 26.3 Å². The smallest absolute Gasteiger partial charge is 0.161 e. The number of carbonyl (C=O) groups excluding carboxylic acids is 1. The fraction of sp³-hybridized carbons (Fsp3) is 0.462. The standard InChI is InChI=1S/C13H16O2/c1-15-13-9-11(7-8-12(13)14)10-5-3-2-4-6-10/h2-6,11,13H,7-9H2,1H3. The fourth-order valence-electron chi connectivity index (χ4n) is 2.24. The number of hydrogen-bond donors (Lipinski definition) is 0. The summed E-state index contributed by atoms with van der Waals surface area (Å²) in [7, 11) is 1.62. The van der Waals surface area contributed by atoms with Crippen LogP contribution in [0, 0.1) is 0 Å². The lowest BCUT2D eigenvalue weighted by atomic mass is 9.82. The van der Waals surface area contributed by atoms with Crippen LogP contribution in [0.4, 0.5) is 0 Å². The van der Waals surface area contributed by atoms with Crippen LogP contribution in [0.15, 0.2) is 30.3 Å². The Kier molecular flexibility index (Phi) is 3.17. The molecule has 15 heavy (non-hydrogen) atoms. The normalized spacial score (nSPS) is 26.6. The third kappa shape index (κ3) is 2.26. The monoisotopic (exact) mass is 204 g/mol. The molecule has 0 spiro atoms. The third-order valence-electron chi connectivity index (χ3n) is 3.15. The van der Waals surface area contributed by atoms with Crippen LogP contribution in [0.5, 0.6) is 0 Å². The maximum absolute atomic E-state index is 11.5. The number of ketones is 1. The molecule has 0 aliphatic heterocycles. The van der Waals surface area contributed by atoms with Crippen LogP contribution in [0.2, 0.25) is 0 Å². The summed E-state index contributed by atoms with van der Waals surface area (Å²) in [5.41, 5.74) is 1.33. The average Bonchev–Trinajstić information content (AvgIpc) is 2.31. The summed E-state index contributed by atoms with van der Waals surface area (Å²) in [5.74, 6) is 0.735. The number of hydrogen-bond acceptors (Lipinski definition) is 2. The Balaban J connectivity index is 2.09. The van der Waals surface area contributed by atoms with Crippen molar-refractivity contribution in [1.29, 1.82) is 0 Å². The highest BCUT2D eigenvalue weighted by Crippen LogP contribution is 2.32. The lowest BCUT2D eigenvalue weighted by Gasteiger charge is -2.27. The maximum atomic E-state index is 11.5. The molecular formula is C13H16O2. The Hall–Kier alpha value is -1.15. The van der Waals surface area contributed by atoms with Gasteiger partial charge in [0.15, 0.2) is 5.78 Å². The molecule has 0 saturated heterocycles. The molecule has 0 aromatic heterocycles. The number of carbonyl (C=O) groups is 1. The first-order valence-corrected chi connectivity index (χ1v) is 5.41. The molecule has 1 aromatic carbocycles. The number of rotatable bonds is 2. The zero-order valence-corrected chi connectivity index (χ0v) is 8.98. The van der Waals surface area contributed by atoms with E-state index in [2.05, 4.69) is 12.1 Å². The minimum atomic E-state index is -0.191. The molecule has 1 fully saturated rings. The van der Waals surface area contributed by atoms with Crippen molar-refractivity contribution in [2.75, 3.05) is 7.11 Å². The summed E-state index contributed by atoms with van der Waals surface area (Å²) < 4.78 is 5.21. The van der Waals surface area contributed by atoms with Crippen LogP contribution in [-0.2, 0) is 9.53 Å². The number of ether oxygens (including phenoxy) is 1. The summed E-state index contributed by atoms with van der Waals surface area (Å²) in [6, 6.07) is 10.4. The highest BCUT2D eigenvalue weighted by Gasteiger charge is 2.29. The van der Waals surface area contributed by atoms with Crippen LogP contribution >= 0.6 is 0 Å². The van der Waals surface area contributed by atoms with E-state index in [0.29, 0.717) is 12.3 Å². The largest absolute Gasteiger partial charge is 0.374 e. The van der Waals surface area contributed by atoms with Crippen LogP contribution in [-0.4, -0.2) is 19.0 Å². The van der Waals surface area contributed by atoms with Gasteiger partial charge in [0.2, 0.25) is 0 Å². The van der Waals surface area contributed by atoms with Gasteiger partial charge in [-0.3, -0.25) is 4.79 Å². The van der Waals surface area contributed by atoms with Crippen molar-refractivity contribution < 1.29 is 9.53 Å². The van der Waals surface area contributed by atoms with Crippen LogP contribution in [0.3, 0.4) is 0 Å². The minimum absolute atomic E-state index is 0.191. The SMILES string of the molecule is COC1CC(c2ccccc2)CCC1=O. The molecular weight excluding hydrogens is 188 g/mol. The van der Waals surface area contributed by atoms with Crippen molar-refractivity contribution in [1.82, 2.24) is 0 Å². The fourth-order valence-corrected chi connectivity index (χ4v) is 2.24. The molecule has 0 amide bonds. The zero-order chi connectivity index (χ0) is 10.7. The minimum Gasteiger partial charge on any atom is -0.374 e. The lowest BCUT2D eigenvalue weighted by Crippen LogP contribution is -2.30. The van der Waals surface area contributed by atoms with Gasteiger partial charge in [0.1, 0.15) is 6.10 Å². The molecule has 0 N–H and O–H groups in total. The Morgan fingerprint density at radius 1 is 1.27 bits per heavy atom. The second-order valence-corrected chi connectivity index (χ2v) is 4.07. The molecule has 80 valence electrons. The molecule has 2 heteroatoms. The van der Waals surface area contributed by atoms with Crippen LogP contribution in [0.25, 0.3) is 0 Å². The van der Waals surface area contributed by atoms with Crippen molar-refractivity contribution in [2.45, 2.75) is 31.3 Å². The maximum Gasteiger partial charge on any atom is 0.161 e. The molecule has 1 aliphatic rings. The van der Waals surface area contributed by atoms with E-state index in [9.17, 15) is 4.79 Å². The second kappa shape index (κ2) is 4.58. The van der Waals surface area contributed by atoms with Crippen molar-refractivity contribution >= 4 is 5.78 Å². The third-order valence-corrected chi connectivity index (χ3v) is 3.15. The molecule has 1 saturated carbocycles. The highest BCUT2D eigenvalue weighted by molar-refractivity contribution is 5.84. The molecule has 1 aliphatic carbocycles. The molecule has 1 aromatic rings. The van der Waals surface area contributed by atoms with Crippen LogP contribution < -0.4 is 0 Å². The summed E-state index contributed by atoms with van der Waals surface area (Å²) in [5, 5.41) is 0. The van der Waals surface area contributed by atoms with Gasteiger partial charge >= 0.3 is 0 Å². The molecule has 0 radical (unpaired) electrons. The Labute approximate surface area is 90.3 Å². The van der Waals surface area contributed by atoms with E-state index in [1.165, 1.54) is 5.56 Å². The van der Waals surface area contributed by atoms with E-state index >= 15 is 0 Å². The van der Waals surface area contributed by atoms with Gasteiger partial charge in [-0.1, -0.05) is 30.3 Å². The first-order valence-electron chi connectivity index (χ1n) is 5.41. The van der Waals surface area contributed by atoms with Crippen molar-refractivity contribution in [2.24, 2.45) is 0 Å². The first kappa shape index (κ1) is 10.4. The van der Waals surface area contributed by atoms with E-state index in [4.69, 9.17) is 4.74 Å². The van der Waals surface area contributed by atoms with Gasteiger partial charge in [-0.25, -0.2) is 0 Å². The predicted octanol–water partition coefficient (Wildman–Crippen LogP) is 2.54. The number of Topliss-reactive ketones (excluding diaryl/α,β-unsaturated/α-hetero) is 1. The van der Waals surface area contributed by atoms with E-state index < -0.39 is 0 Å². The van der Waals surface area contributed by atoms with Gasteiger partial charge in [-0.05, 0) is 24.3 Å². The molecule has 2 atom stereocenters. The summed E-state index contributed by atoms with van der Waals surface area (Å²) in [4.78, 5) is 11.5. The van der Waals surface area contributed by atoms with Gasteiger partial charge in [0, 0.05) is 13.5 Å². The molecule has 2 nitrogen and oxygen atoms in total. The van der Waals surface area contributed by atoms with Gasteiger partial charge in [0.25, 0.3) is 0 Å². The quantitative estimate of drug-likeness (QED) is 0.740. The van der Waals surface area contributed by atoms with E-state index in [-0.39, 0.29) is 11.9 Å². The Morgan fingerprint density at radius 2 is 2.00 bits per heavy atom. The Bertz CT molecular complexity index is 332. The number of methoxy groups -OCH3 is 1. The molecule has 2 rings (SSSR count). The summed E-state index contributed by atoms with van der Waals surface area (Å²) >= 11 is 0. The van der Waals surface area contributed by atoms with E-state index in [1.807, 2.05) is 18.2 Å². The van der Waals surface area contributed by atoms with Gasteiger partial charge in [0.05, 0.1) is 0 Å². The summed E-state index contributed by atoms with van der Waals surface area (Å²) in [6.07, 6.45) is 2.25. The Morgan fingerprint density at radius 3 is 2.67 bits per heavy atom. The van der Waals surface area contributed by atoms with Gasteiger partial charge in [-0.2, -0.15) is 0 Å². The van der Waals surface area contributed by atoms with Crippen LogP contribution in [0.1, 0.15) is 30.7 Å². The van der Waals surface area contributed by atoms with E-state index in [0.717, 1.165) is 12.8 Å². The predicted molar refractivity (Wildman–Crippen MR) is 58.8 cm³/mol. The lowest BCUT2D eigenvalue weighted by molar-refractivity contribution is -0.131. The second-order valence-electron chi connectivity index (χ2n) is 4.07. The zero-order valence-electron chi connectivity index (χ0n) is 8.98. The van der Waals surface area contributed by atoms with Gasteiger partial charge < -0.3 is 4.74 Å². The summed E-state index contributed by atoms with van der Waals surface area (Å²) in [6.45, 7) is 0. The van der Waals surface area contributed by atoms with Crippen molar-refractivity contribution in [3.05, 3.63) is 35.9 Å². The van der Waals surface area contributed by atoms with Gasteiger partial charge in [-0.15, -0.1) is 0 Å². The molecule has 0 heterocycles. The van der Waals surface area contributed by atoms with Crippen molar-refractivity contribution in [3.8, 4) is 0 Å². The van der Waals surface area contributed by atoms with E-state index in [1.54, 1.807) is 7.11 Å². The van der Waals surface area contributed by atoms with Crippen molar-refractivity contribution in [3.63, 3.8) is 0 Å². The molecule has 2 unspecified atom stereocenters. The first-order chi connectivity index (χ1) is 7.31.